The number of rotatable bonds is 34. The molecule has 0 radical (unpaired) electrons. The molecule has 0 bridgehead atoms. The van der Waals surface area contributed by atoms with E-state index in [9.17, 15) is 72.1 Å². The van der Waals surface area contributed by atoms with Crippen LogP contribution in [-0.4, -0.2) is 151 Å². The number of aliphatic carboxylic acids is 2. The fourth-order valence-corrected chi connectivity index (χ4v) is 9.63. The molecule has 2 aromatic carbocycles. The van der Waals surface area contributed by atoms with Crippen molar-refractivity contribution >= 4 is 70.9 Å². The summed E-state index contributed by atoms with van der Waals surface area (Å²) in [5, 5.41) is 41.2. The number of benzene rings is 2. The summed E-state index contributed by atoms with van der Waals surface area (Å²) in [6, 6.07) is 6.41. The minimum Gasteiger partial charge on any atom is -0.481 e. The number of aliphatic hydroxyl groups excluding tert-OH is 1. The van der Waals surface area contributed by atoms with Gasteiger partial charge in [0, 0.05) is 93.1 Å². The van der Waals surface area contributed by atoms with Crippen LogP contribution in [0.5, 0.6) is 0 Å². The molecule has 0 spiro atoms. The number of aromatic nitrogens is 1. The Labute approximate surface area is 485 Å². The van der Waals surface area contributed by atoms with Crippen molar-refractivity contribution < 1.29 is 81.6 Å². The average Bonchev–Trinajstić information content (AvgIpc) is 2.06. The van der Waals surface area contributed by atoms with Crippen molar-refractivity contribution in [3.05, 3.63) is 83.7 Å². The summed E-state index contributed by atoms with van der Waals surface area (Å²) in [7, 11) is 0. The Balaban J connectivity index is 1.58. The number of Topliss-reactive ketones (excluding diaryl/α,β-unsaturated/α-hetero) is 1. The maximum absolute atomic E-state index is 15.4. The summed E-state index contributed by atoms with van der Waals surface area (Å²) in [5.41, 5.74) is 5.88. The molecule has 0 saturated carbocycles. The maximum atomic E-state index is 15.4. The highest BCUT2D eigenvalue weighted by Crippen LogP contribution is 2.41. The molecule has 1 aliphatic rings. The molecule has 10 N–H and O–H groups in total. The zero-order valence-corrected chi connectivity index (χ0v) is 48.0. The molecule has 458 valence electrons. The summed E-state index contributed by atoms with van der Waals surface area (Å²) in [4.78, 5) is 157. The predicted octanol–water partition coefficient (Wildman–Crippen LogP) is 2.62. The van der Waals surface area contributed by atoms with Gasteiger partial charge in [-0.05, 0) is 67.9 Å². The lowest BCUT2D eigenvalue weighted by Gasteiger charge is -2.41. The Hall–Kier alpha value is -8.42. The number of imide groups is 1. The minimum absolute atomic E-state index is 0.0324. The largest absolute Gasteiger partial charge is 0.481 e. The van der Waals surface area contributed by atoms with Gasteiger partial charge in [0.1, 0.15) is 36.4 Å². The molecule has 1 aromatic heterocycles. The van der Waals surface area contributed by atoms with Crippen molar-refractivity contribution in [2.24, 2.45) is 23.0 Å². The number of primary amides is 1. The average molecular weight is 1180 g/mol. The summed E-state index contributed by atoms with van der Waals surface area (Å²) in [6.07, 6.45) is -0.164. The van der Waals surface area contributed by atoms with E-state index >= 15 is 4.39 Å². The number of ketones is 1. The van der Waals surface area contributed by atoms with Gasteiger partial charge in [-0.2, -0.15) is 0 Å². The Morgan fingerprint density at radius 3 is 2.05 bits per heavy atom. The van der Waals surface area contributed by atoms with Gasteiger partial charge in [-0.1, -0.05) is 71.4 Å². The number of aliphatic hydroxyl groups is 1. The summed E-state index contributed by atoms with van der Waals surface area (Å²) >= 11 is 0. The first-order valence-corrected chi connectivity index (χ1v) is 27.7. The summed E-state index contributed by atoms with van der Waals surface area (Å²) in [6.45, 7) is 8.16. The summed E-state index contributed by atoms with van der Waals surface area (Å²) in [5.74, 6) is -13.2. The molecule has 84 heavy (non-hydrogen) atoms. The third-order valence-electron chi connectivity index (χ3n) is 14.1. The summed E-state index contributed by atoms with van der Waals surface area (Å²) < 4.78 is 31.8. The number of carbonyl (C=O) groups excluding carboxylic acids is 10. The lowest BCUT2D eigenvalue weighted by molar-refractivity contribution is -0.143. The number of carboxylic acids is 2. The third-order valence-corrected chi connectivity index (χ3v) is 14.1. The van der Waals surface area contributed by atoms with E-state index in [1.807, 2.05) is 12.1 Å². The molecule has 24 nitrogen and oxygen atoms in total. The van der Waals surface area contributed by atoms with Gasteiger partial charge in [0.05, 0.1) is 18.5 Å². The highest BCUT2D eigenvalue weighted by Gasteiger charge is 2.39. The van der Waals surface area contributed by atoms with Crippen LogP contribution in [0.1, 0.15) is 129 Å². The van der Waals surface area contributed by atoms with Crippen molar-refractivity contribution in [2.75, 3.05) is 26.2 Å². The molecule has 26 heteroatoms. The van der Waals surface area contributed by atoms with Crippen LogP contribution in [-0.2, 0) is 64.1 Å². The van der Waals surface area contributed by atoms with Crippen molar-refractivity contribution in [3.8, 4) is 11.1 Å². The zero-order chi connectivity index (χ0) is 62.6. The number of hydrogen-bond acceptors (Lipinski definition) is 13. The lowest BCUT2D eigenvalue weighted by Crippen LogP contribution is -2.56. The fourth-order valence-electron chi connectivity index (χ4n) is 9.63. The normalized spacial score (nSPS) is 15.4. The van der Waals surface area contributed by atoms with Crippen LogP contribution in [0.15, 0.2) is 60.8 Å². The molecule has 2 heterocycles. The highest BCUT2D eigenvalue weighted by atomic mass is 19.1. The second-order valence-electron chi connectivity index (χ2n) is 22.1. The minimum atomic E-state index is -1.78. The van der Waals surface area contributed by atoms with Gasteiger partial charge in [-0.15, -0.1) is 0 Å². The molecule has 7 atom stereocenters. The molecular formula is C58H77F2N9O15. The fraction of sp³-hybridized carbons (Fsp3) is 0.517. The molecule has 1 saturated heterocycles. The van der Waals surface area contributed by atoms with Gasteiger partial charge in [0.15, 0.2) is 5.78 Å². The maximum Gasteiger partial charge on any atom is 0.326 e. The Morgan fingerprint density at radius 2 is 1.44 bits per heavy atom. The molecule has 1 unspecified atom stereocenters. The molecule has 9 amide bonds. The van der Waals surface area contributed by atoms with Crippen LogP contribution in [0.25, 0.3) is 11.1 Å². The van der Waals surface area contributed by atoms with Crippen molar-refractivity contribution in [3.63, 3.8) is 0 Å². The monoisotopic (exact) mass is 1180 g/mol. The van der Waals surface area contributed by atoms with Crippen molar-refractivity contribution in [2.45, 2.75) is 149 Å². The first kappa shape index (κ1) is 68.1. The molecular weight excluding hydrogens is 1100 g/mol. The number of carbonyl (C=O) groups is 12. The van der Waals surface area contributed by atoms with Gasteiger partial charge < -0.3 is 57.1 Å². The second-order valence-corrected chi connectivity index (χ2v) is 22.1. The predicted molar refractivity (Wildman–Crippen MR) is 298 cm³/mol. The van der Waals surface area contributed by atoms with Gasteiger partial charge in [0.2, 0.25) is 53.2 Å². The van der Waals surface area contributed by atoms with E-state index in [0.29, 0.717) is 25.0 Å². The number of amides is 9. The van der Waals surface area contributed by atoms with Crippen LogP contribution in [0, 0.1) is 28.9 Å². The van der Waals surface area contributed by atoms with E-state index in [-0.39, 0.29) is 54.8 Å². The molecule has 0 aliphatic carbocycles. The number of hydrogen-bond donors (Lipinski definition) is 9. The van der Waals surface area contributed by atoms with Gasteiger partial charge in [0.25, 0.3) is 0 Å². The van der Waals surface area contributed by atoms with E-state index in [1.54, 1.807) is 62.7 Å². The van der Waals surface area contributed by atoms with Crippen LogP contribution in [0.4, 0.5) is 8.78 Å². The first-order chi connectivity index (χ1) is 39.5. The Kier molecular flexibility index (Phi) is 25.8. The topological polar surface area (TPSA) is 363 Å². The number of nitrogens with zero attached hydrogens (tertiary/aromatic N) is 3. The number of likely N-dealkylation sites (tertiary alicyclic amines) is 1. The van der Waals surface area contributed by atoms with E-state index in [0.717, 1.165) is 23.8 Å². The Morgan fingerprint density at radius 1 is 0.774 bits per heavy atom. The van der Waals surface area contributed by atoms with Crippen LogP contribution < -0.4 is 32.3 Å². The van der Waals surface area contributed by atoms with E-state index < -0.39 is 170 Å². The molecule has 1 aliphatic heterocycles. The number of halogens is 2. The number of nitrogens with two attached hydrogens (primary N) is 1. The SMILES string of the molecule is CC1CC(=O)N(CCCCCC(=O)N[C@@H](C)C(=O)C[C@H](C)C(=O)N[C@@H](CC(N)=O)C(=O)N[C@@H](CCN(C(=O)CO)[C@@H](c2cc(-c3cc(F)ccc3F)cn2Cc2ccccc2)C(C)(C)C)C(=O)NCCC(=O)N[C@H](CCC(=O)O)C(=O)O)C1=O. The van der Waals surface area contributed by atoms with Crippen molar-refractivity contribution in [1.82, 2.24) is 41.0 Å². The van der Waals surface area contributed by atoms with E-state index in [4.69, 9.17) is 10.8 Å². The number of carboxylic acid groups (broad SMARTS) is 2. The van der Waals surface area contributed by atoms with Gasteiger partial charge >= 0.3 is 11.9 Å². The standard InChI is InChI=1S/C58H77F2N9O15/c1-33(25-45(71)35(3)63-47(73)15-11-8-12-23-69-49(75)26-34(2)56(69)82)53(79)66-43(29-46(61)72)55(81)65-41(54(80)62-22-20-48(74)64-42(57(83)84)18-19-51(77)78)21-24-68(50(76)32-70)52(58(4,5)6)44-27-37(39-28-38(59)16-17-40(39)60)31-67(44)30-36-13-9-7-10-14-36/h7,9-10,13-14,16-17,27-28,31,33-35,41-43,52,70H,8,11-12,15,18-26,29-30,32H2,1-6H3,(H2,61,72)(H,62,80)(H,63,73)(H,64,74)(H,65,81)(H,66,79)(H,77,78)(H,83,84)/t33-,34?,35-,41-,42+,43-,52-/m0/s1. The second kappa shape index (κ2) is 31.9. The highest BCUT2D eigenvalue weighted by molar-refractivity contribution is 6.03. The zero-order valence-electron chi connectivity index (χ0n) is 48.0. The smallest absolute Gasteiger partial charge is 0.326 e. The first-order valence-electron chi connectivity index (χ1n) is 27.7. The number of unbranched alkanes of at least 4 members (excludes halogenated alkanes) is 2. The van der Waals surface area contributed by atoms with Gasteiger partial charge in [-0.3, -0.25) is 57.6 Å². The van der Waals surface area contributed by atoms with Crippen LogP contribution >= 0.6 is 0 Å². The van der Waals surface area contributed by atoms with E-state index in [2.05, 4.69) is 26.6 Å². The van der Waals surface area contributed by atoms with Crippen LogP contribution in [0.3, 0.4) is 0 Å². The third kappa shape index (κ3) is 20.8. The molecule has 3 aromatic rings. The number of nitrogens with one attached hydrogen (secondary N) is 5. The van der Waals surface area contributed by atoms with Gasteiger partial charge in [-0.25, -0.2) is 13.6 Å². The van der Waals surface area contributed by atoms with Crippen molar-refractivity contribution in [1.29, 1.82) is 0 Å². The quantitative estimate of drug-likeness (QED) is 0.0307. The van der Waals surface area contributed by atoms with E-state index in [1.165, 1.54) is 23.6 Å². The molecule has 4 rings (SSSR count). The Bertz CT molecular complexity index is 2890. The lowest BCUT2D eigenvalue weighted by atomic mass is 9.82. The van der Waals surface area contributed by atoms with Crippen LogP contribution in [0.2, 0.25) is 0 Å². The molecule has 1 fully saturated rings.